The van der Waals surface area contributed by atoms with Gasteiger partial charge in [-0.1, -0.05) is 0 Å². The molecule has 1 aromatic carbocycles. The molecule has 0 amide bonds. The topological polar surface area (TPSA) is 86.8 Å². The third kappa shape index (κ3) is 1.81. The molecule has 4 N–H and O–H groups in total. The predicted molar refractivity (Wildman–Crippen MR) is 60.2 cm³/mol. The maximum Gasteiger partial charge on any atom is 0.329 e. The number of hydrogen-bond acceptors (Lipinski definition) is 4. The van der Waals surface area contributed by atoms with E-state index in [0.717, 1.165) is 5.69 Å². The van der Waals surface area contributed by atoms with Crippen LogP contribution in [0.1, 0.15) is 6.42 Å². The molecular formula is C11H14N2O3. The molecule has 86 valence electrons. The molecule has 1 saturated heterocycles. The molecule has 1 aliphatic heterocycles. The minimum atomic E-state index is -0.998. The zero-order valence-electron chi connectivity index (χ0n) is 8.71. The van der Waals surface area contributed by atoms with Gasteiger partial charge in [-0.05, 0) is 30.7 Å². The van der Waals surface area contributed by atoms with Crippen LogP contribution in [0.15, 0.2) is 24.3 Å². The highest BCUT2D eigenvalue weighted by Crippen LogP contribution is 2.26. The lowest BCUT2D eigenvalue weighted by molar-refractivity contribution is -0.140. The fourth-order valence-corrected chi connectivity index (χ4v) is 2.03. The summed E-state index contributed by atoms with van der Waals surface area (Å²) in [6, 6.07) is 6.12. The third-order valence-corrected chi connectivity index (χ3v) is 2.84. The number of nitrogens with zero attached hydrogens (tertiary/aromatic N) is 1. The summed E-state index contributed by atoms with van der Waals surface area (Å²) in [5.74, 6) is -0.998. The van der Waals surface area contributed by atoms with Gasteiger partial charge in [0.15, 0.2) is 6.04 Å². The molecule has 0 spiro atoms. The van der Waals surface area contributed by atoms with Gasteiger partial charge in [0.25, 0.3) is 0 Å². The van der Waals surface area contributed by atoms with E-state index in [4.69, 9.17) is 10.8 Å². The second-order valence-corrected chi connectivity index (χ2v) is 3.92. The number of hydrogen-bond donors (Lipinski definition) is 3. The minimum absolute atomic E-state index is 0.474. The van der Waals surface area contributed by atoms with E-state index in [1.165, 1.54) is 0 Å². The van der Waals surface area contributed by atoms with E-state index < -0.39 is 18.1 Å². The summed E-state index contributed by atoms with van der Waals surface area (Å²) < 4.78 is 0. The Labute approximate surface area is 93.1 Å². The maximum absolute atomic E-state index is 11.0. The number of carboxylic acids is 1. The van der Waals surface area contributed by atoms with Crippen molar-refractivity contribution < 1.29 is 15.0 Å². The Morgan fingerprint density at radius 2 is 2.00 bits per heavy atom. The van der Waals surface area contributed by atoms with Gasteiger partial charge in [0.05, 0.1) is 6.10 Å². The van der Waals surface area contributed by atoms with E-state index in [2.05, 4.69) is 0 Å². The second kappa shape index (κ2) is 4.02. The Bertz CT molecular complexity index is 391. The molecule has 16 heavy (non-hydrogen) atoms. The van der Waals surface area contributed by atoms with Gasteiger partial charge in [-0.25, -0.2) is 4.79 Å². The van der Waals surface area contributed by atoms with Crippen LogP contribution >= 0.6 is 0 Å². The average Bonchev–Trinajstić information content (AvgIpc) is 2.61. The number of aliphatic hydroxyl groups excluding tert-OH is 1. The van der Waals surface area contributed by atoms with Crippen molar-refractivity contribution in [1.82, 2.24) is 0 Å². The summed E-state index contributed by atoms with van der Waals surface area (Å²) in [6.07, 6.45) is -0.337. The molecule has 1 heterocycles. The Hall–Kier alpha value is -1.75. The molecule has 2 atom stereocenters. The van der Waals surface area contributed by atoms with E-state index in [-0.39, 0.29) is 0 Å². The molecule has 1 fully saturated rings. The van der Waals surface area contributed by atoms with Gasteiger partial charge in [0.1, 0.15) is 0 Å². The second-order valence-electron chi connectivity index (χ2n) is 3.92. The first-order valence-electron chi connectivity index (χ1n) is 5.12. The maximum atomic E-state index is 11.0. The van der Waals surface area contributed by atoms with Crippen molar-refractivity contribution in [2.45, 2.75) is 18.6 Å². The van der Waals surface area contributed by atoms with Crippen molar-refractivity contribution in [1.29, 1.82) is 0 Å². The monoisotopic (exact) mass is 222 g/mol. The van der Waals surface area contributed by atoms with Crippen molar-refractivity contribution in [2.24, 2.45) is 0 Å². The number of carbonyl (C=O) groups is 1. The van der Waals surface area contributed by atoms with Gasteiger partial charge in [-0.2, -0.15) is 0 Å². The van der Waals surface area contributed by atoms with Gasteiger partial charge < -0.3 is 20.8 Å². The molecule has 0 saturated carbocycles. The highest BCUT2D eigenvalue weighted by atomic mass is 16.4. The van der Waals surface area contributed by atoms with Crippen molar-refractivity contribution in [3.63, 3.8) is 0 Å². The molecule has 2 unspecified atom stereocenters. The number of nitrogen functional groups attached to an aromatic ring is 1. The predicted octanol–water partition coefficient (Wildman–Crippen LogP) is 0.293. The van der Waals surface area contributed by atoms with Crippen molar-refractivity contribution >= 4 is 17.3 Å². The van der Waals surface area contributed by atoms with Gasteiger partial charge in [-0.3, -0.25) is 0 Å². The largest absolute Gasteiger partial charge is 0.480 e. The van der Waals surface area contributed by atoms with E-state index >= 15 is 0 Å². The molecule has 1 aromatic rings. The molecule has 2 rings (SSSR count). The summed E-state index contributed by atoms with van der Waals surface area (Å²) >= 11 is 0. The standard InChI is InChI=1S/C11H14N2O3/c12-7-1-3-8(4-2-7)13-6-5-9(14)10(13)11(15)16/h1-4,9-10,14H,5-6,12H2,(H,15,16). The lowest BCUT2D eigenvalue weighted by Crippen LogP contribution is -2.41. The lowest BCUT2D eigenvalue weighted by Gasteiger charge is -2.24. The molecule has 0 aromatic heterocycles. The van der Waals surface area contributed by atoms with E-state index in [1.807, 2.05) is 0 Å². The van der Waals surface area contributed by atoms with Crippen LogP contribution in [0.4, 0.5) is 11.4 Å². The number of anilines is 2. The lowest BCUT2D eigenvalue weighted by atomic mass is 10.1. The van der Waals surface area contributed by atoms with E-state index in [9.17, 15) is 9.90 Å². The Morgan fingerprint density at radius 1 is 1.38 bits per heavy atom. The number of benzene rings is 1. The van der Waals surface area contributed by atoms with Crippen LogP contribution in [-0.2, 0) is 4.79 Å². The van der Waals surface area contributed by atoms with Crippen LogP contribution in [-0.4, -0.2) is 34.9 Å². The fraction of sp³-hybridized carbons (Fsp3) is 0.364. The zero-order chi connectivity index (χ0) is 11.7. The highest BCUT2D eigenvalue weighted by Gasteiger charge is 2.38. The van der Waals surface area contributed by atoms with Gasteiger partial charge in [0.2, 0.25) is 0 Å². The van der Waals surface area contributed by atoms with E-state index in [0.29, 0.717) is 18.7 Å². The third-order valence-electron chi connectivity index (χ3n) is 2.84. The number of aliphatic hydroxyl groups is 1. The van der Waals surface area contributed by atoms with Crippen LogP contribution in [0.2, 0.25) is 0 Å². The van der Waals surface area contributed by atoms with Crippen molar-refractivity contribution in [3.8, 4) is 0 Å². The quantitative estimate of drug-likeness (QED) is 0.626. The Kier molecular flexibility index (Phi) is 2.70. The number of nitrogens with two attached hydrogens (primary N) is 1. The fourth-order valence-electron chi connectivity index (χ4n) is 2.03. The summed E-state index contributed by atoms with van der Waals surface area (Å²) in [7, 11) is 0. The Morgan fingerprint density at radius 3 is 2.56 bits per heavy atom. The molecule has 0 radical (unpaired) electrons. The number of rotatable bonds is 2. The van der Waals surface area contributed by atoms with Crippen LogP contribution in [0.25, 0.3) is 0 Å². The van der Waals surface area contributed by atoms with Crippen LogP contribution in [0.5, 0.6) is 0 Å². The molecule has 0 aliphatic carbocycles. The van der Waals surface area contributed by atoms with Crippen LogP contribution in [0.3, 0.4) is 0 Å². The summed E-state index contributed by atoms with van der Waals surface area (Å²) in [5.41, 5.74) is 6.97. The smallest absolute Gasteiger partial charge is 0.329 e. The van der Waals surface area contributed by atoms with Gasteiger partial charge in [-0.15, -0.1) is 0 Å². The first-order chi connectivity index (χ1) is 7.59. The molecule has 5 nitrogen and oxygen atoms in total. The molecular weight excluding hydrogens is 208 g/mol. The van der Waals surface area contributed by atoms with E-state index in [1.54, 1.807) is 29.2 Å². The molecule has 1 aliphatic rings. The number of aliphatic carboxylic acids is 1. The zero-order valence-corrected chi connectivity index (χ0v) is 8.71. The van der Waals surface area contributed by atoms with Crippen molar-refractivity contribution in [3.05, 3.63) is 24.3 Å². The Balaban J connectivity index is 2.26. The molecule has 5 heteroatoms. The highest BCUT2D eigenvalue weighted by molar-refractivity contribution is 5.80. The van der Waals surface area contributed by atoms with Gasteiger partial charge in [0, 0.05) is 17.9 Å². The molecule has 0 bridgehead atoms. The summed E-state index contributed by atoms with van der Waals surface area (Å²) in [4.78, 5) is 12.7. The first-order valence-corrected chi connectivity index (χ1v) is 5.12. The first kappa shape index (κ1) is 10.8. The SMILES string of the molecule is Nc1ccc(N2CCC(O)C2C(=O)O)cc1. The van der Waals surface area contributed by atoms with Gasteiger partial charge >= 0.3 is 5.97 Å². The summed E-state index contributed by atoms with van der Waals surface area (Å²) in [6.45, 7) is 0.544. The van der Waals surface area contributed by atoms with Crippen LogP contribution in [0, 0.1) is 0 Å². The average molecular weight is 222 g/mol. The minimum Gasteiger partial charge on any atom is -0.480 e. The number of carboxylic acid groups (broad SMARTS) is 1. The summed E-state index contributed by atoms with van der Waals surface area (Å²) in [5, 5.41) is 18.6. The van der Waals surface area contributed by atoms with Crippen molar-refractivity contribution in [2.75, 3.05) is 17.2 Å². The van der Waals surface area contributed by atoms with Crippen LogP contribution < -0.4 is 10.6 Å². The normalized spacial score (nSPS) is 24.7.